The first-order valence-electron chi connectivity index (χ1n) is 9.96. The number of halogens is 1. The Morgan fingerprint density at radius 3 is 2.65 bits per heavy atom. The first kappa shape index (κ1) is 19.2. The van der Waals surface area contributed by atoms with Gasteiger partial charge in [0.05, 0.1) is 22.4 Å². The summed E-state index contributed by atoms with van der Waals surface area (Å²) in [5.74, 6) is -1.90. The highest BCUT2D eigenvalue weighted by atomic mass is 19.1. The molecule has 1 fully saturated rings. The number of rotatable bonds is 3. The summed E-state index contributed by atoms with van der Waals surface area (Å²) in [5, 5.41) is 13.7. The van der Waals surface area contributed by atoms with Gasteiger partial charge in [-0.1, -0.05) is 6.07 Å². The van der Waals surface area contributed by atoms with Crippen LogP contribution in [0.1, 0.15) is 10.4 Å². The number of aromatic nitrogens is 2. The van der Waals surface area contributed by atoms with Crippen molar-refractivity contribution in [2.45, 2.75) is 0 Å². The van der Waals surface area contributed by atoms with Crippen molar-refractivity contribution in [2.75, 3.05) is 31.1 Å². The minimum absolute atomic E-state index is 0.0252. The van der Waals surface area contributed by atoms with Crippen LogP contribution in [0.25, 0.3) is 27.5 Å². The smallest absolute Gasteiger partial charge is 0.341 e. The average molecular weight is 418 g/mol. The molecule has 0 saturated carbocycles. The van der Waals surface area contributed by atoms with Crippen molar-refractivity contribution in [1.29, 1.82) is 0 Å². The molecule has 156 valence electrons. The maximum Gasteiger partial charge on any atom is 0.341 e. The molecule has 0 atom stereocenters. The van der Waals surface area contributed by atoms with E-state index >= 15 is 4.39 Å². The molecule has 2 N–H and O–H groups in total. The third-order valence-electron chi connectivity index (χ3n) is 5.64. The molecule has 2 aromatic heterocycles. The Balaban J connectivity index is 1.86. The second-order valence-corrected chi connectivity index (χ2v) is 7.45. The van der Waals surface area contributed by atoms with Crippen LogP contribution in [0.5, 0.6) is 0 Å². The highest BCUT2D eigenvalue weighted by Crippen LogP contribution is 2.29. The van der Waals surface area contributed by atoms with Crippen LogP contribution in [0.2, 0.25) is 0 Å². The van der Waals surface area contributed by atoms with Gasteiger partial charge in [-0.15, -0.1) is 0 Å². The van der Waals surface area contributed by atoms with E-state index in [1.165, 1.54) is 6.20 Å². The fourth-order valence-electron chi connectivity index (χ4n) is 4.13. The van der Waals surface area contributed by atoms with E-state index in [4.69, 9.17) is 0 Å². The Morgan fingerprint density at radius 2 is 1.87 bits per heavy atom. The summed E-state index contributed by atoms with van der Waals surface area (Å²) in [6.45, 7) is 2.74. The fourth-order valence-corrected chi connectivity index (χ4v) is 4.13. The zero-order valence-electron chi connectivity index (χ0n) is 16.5. The molecule has 5 rings (SSSR count). The number of aromatic carboxylic acids is 1. The van der Waals surface area contributed by atoms with E-state index in [1.807, 2.05) is 29.2 Å². The summed E-state index contributed by atoms with van der Waals surface area (Å²) in [5.41, 5.74) is 1.11. The van der Waals surface area contributed by atoms with Gasteiger partial charge in [-0.05, 0) is 36.4 Å². The predicted octanol–water partition coefficient (Wildman–Crippen LogP) is 2.79. The lowest BCUT2D eigenvalue weighted by atomic mass is 10.1. The molecule has 3 heterocycles. The largest absolute Gasteiger partial charge is 0.477 e. The van der Waals surface area contributed by atoms with Crippen molar-refractivity contribution >= 4 is 33.5 Å². The number of benzene rings is 2. The summed E-state index contributed by atoms with van der Waals surface area (Å²) in [4.78, 5) is 30.9. The fraction of sp³-hybridized carbons (Fsp3) is 0.174. The molecule has 4 aromatic rings. The van der Waals surface area contributed by atoms with Gasteiger partial charge in [0, 0.05) is 49.3 Å². The molecule has 1 aliphatic heterocycles. The minimum Gasteiger partial charge on any atom is -0.477 e. The lowest BCUT2D eigenvalue weighted by Crippen LogP contribution is -2.43. The van der Waals surface area contributed by atoms with Gasteiger partial charge in [0.2, 0.25) is 5.43 Å². The summed E-state index contributed by atoms with van der Waals surface area (Å²) < 4.78 is 16.7. The number of pyridine rings is 2. The predicted molar refractivity (Wildman–Crippen MR) is 117 cm³/mol. The SMILES string of the molecule is O=C(O)c1cn(-c2cccc3ncccc23)c2cc(N3CCNCC3)c(F)cc2c1=O. The monoisotopic (exact) mass is 418 g/mol. The number of hydrogen-bond acceptors (Lipinski definition) is 5. The number of nitrogens with zero attached hydrogens (tertiary/aromatic N) is 3. The molecule has 1 saturated heterocycles. The third kappa shape index (κ3) is 3.21. The van der Waals surface area contributed by atoms with Crippen molar-refractivity contribution in [2.24, 2.45) is 0 Å². The summed E-state index contributed by atoms with van der Waals surface area (Å²) >= 11 is 0. The zero-order chi connectivity index (χ0) is 21.5. The lowest BCUT2D eigenvalue weighted by Gasteiger charge is -2.30. The van der Waals surface area contributed by atoms with Gasteiger partial charge in [0.1, 0.15) is 11.4 Å². The van der Waals surface area contributed by atoms with Crippen molar-refractivity contribution in [3.05, 3.63) is 76.5 Å². The second kappa shape index (κ2) is 7.48. The summed E-state index contributed by atoms with van der Waals surface area (Å²) in [6, 6.07) is 12.0. The van der Waals surface area contributed by atoms with Gasteiger partial charge in [-0.2, -0.15) is 0 Å². The van der Waals surface area contributed by atoms with E-state index in [-0.39, 0.29) is 5.39 Å². The molecule has 0 unspecified atom stereocenters. The normalized spacial score (nSPS) is 14.3. The van der Waals surface area contributed by atoms with E-state index < -0.39 is 22.8 Å². The van der Waals surface area contributed by atoms with Crippen LogP contribution in [-0.2, 0) is 0 Å². The molecule has 0 radical (unpaired) electrons. The molecule has 0 spiro atoms. The average Bonchev–Trinajstić information content (AvgIpc) is 2.79. The van der Waals surface area contributed by atoms with Gasteiger partial charge < -0.3 is 19.9 Å². The van der Waals surface area contributed by atoms with Gasteiger partial charge in [0.15, 0.2) is 0 Å². The molecular weight excluding hydrogens is 399 g/mol. The molecule has 2 aromatic carbocycles. The van der Waals surface area contributed by atoms with Crippen LogP contribution in [0.4, 0.5) is 10.1 Å². The Hall–Kier alpha value is -3.78. The van der Waals surface area contributed by atoms with E-state index in [0.29, 0.717) is 30.0 Å². The van der Waals surface area contributed by atoms with Crippen LogP contribution in [-0.4, -0.2) is 46.8 Å². The summed E-state index contributed by atoms with van der Waals surface area (Å²) in [6.07, 6.45) is 2.99. The molecule has 1 aliphatic rings. The van der Waals surface area contributed by atoms with Crippen LogP contribution in [0.15, 0.2) is 59.7 Å². The van der Waals surface area contributed by atoms with Crippen molar-refractivity contribution in [3.8, 4) is 5.69 Å². The zero-order valence-corrected chi connectivity index (χ0v) is 16.5. The van der Waals surface area contributed by atoms with Gasteiger partial charge in [0.25, 0.3) is 0 Å². The third-order valence-corrected chi connectivity index (χ3v) is 5.64. The van der Waals surface area contributed by atoms with Crippen molar-refractivity contribution < 1.29 is 14.3 Å². The molecule has 7 nitrogen and oxygen atoms in total. The molecule has 0 amide bonds. The number of nitrogens with one attached hydrogen (secondary N) is 1. The highest BCUT2D eigenvalue weighted by molar-refractivity contribution is 5.96. The van der Waals surface area contributed by atoms with E-state index in [0.717, 1.165) is 30.1 Å². The maximum absolute atomic E-state index is 15.0. The van der Waals surface area contributed by atoms with E-state index in [2.05, 4.69) is 10.3 Å². The first-order chi connectivity index (χ1) is 15.0. The lowest BCUT2D eigenvalue weighted by molar-refractivity contribution is 0.0695. The topological polar surface area (TPSA) is 87.5 Å². The molecule has 0 aliphatic carbocycles. The summed E-state index contributed by atoms with van der Waals surface area (Å²) in [7, 11) is 0. The maximum atomic E-state index is 15.0. The standard InChI is InChI=1S/C23H19FN4O3/c24-17-11-15-20(12-21(17)27-9-7-25-8-10-27)28(13-16(22(15)29)23(30)31)19-5-1-4-18-14(19)3-2-6-26-18/h1-6,11-13,25H,7-10H2,(H,30,31). The van der Waals surface area contributed by atoms with Crippen molar-refractivity contribution in [1.82, 2.24) is 14.9 Å². The number of carboxylic acids is 1. The number of fused-ring (bicyclic) bond motifs is 2. The number of piperazine rings is 1. The van der Waals surface area contributed by atoms with Crippen molar-refractivity contribution in [3.63, 3.8) is 0 Å². The quantitative estimate of drug-likeness (QED) is 0.532. The highest BCUT2D eigenvalue weighted by Gasteiger charge is 2.21. The first-order valence-corrected chi connectivity index (χ1v) is 9.96. The second-order valence-electron chi connectivity index (χ2n) is 7.45. The van der Waals surface area contributed by atoms with Gasteiger partial charge >= 0.3 is 5.97 Å². The Bertz CT molecular complexity index is 1390. The molecule has 31 heavy (non-hydrogen) atoms. The molecule has 0 bridgehead atoms. The number of hydrogen-bond donors (Lipinski definition) is 2. The Labute approximate surface area is 176 Å². The Morgan fingerprint density at radius 1 is 1.06 bits per heavy atom. The number of anilines is 1. The van der Waals surface area contributed by atoms with Crippen LogP contribution >= 0.6 is 0 Å². The van der Waals surface area contributed by atoms with Crippen LogP contribution in [0.3, 0.4) is 0 Å². The van der Waals surface area contributed by atoms with Crippen LogP contribution in [0, 0.1) is 5.82 Å². The Kier molecular flexibility index (Phi) is 4.63. The van der Waals surface area contributed by atoms with E-state index in [9.17, 15) is 14.7 Å². The van der Waals surface area contributed by atoms with Gasteiger partial charge in [-0.3, -0.25) is 9.78 Å². The number of carboxylic acid groups (broad SMARTS) is 1. The minimum atomic E-state index is -1.36. The van der Waals surface area contributed by atoms with Crippen LogP contribution < -0.4 is 15.6 Å². The van der Waals surface area contributed by atoms with Gasteiger partial charge in [-0.25, -0.2) is 9.18 Å². The number of carbonyl (C=O) groups is 1. The molecular formula is C23H19FN4O3. The van der Waals surface area contributed by atoms with E-state index in [1.54, 1.807) is 22.9 Å². The molecule has 8 heteroatoms.